The molecule has 2 nitrogen and oxygen atoms in total. The fourth-order valence-electron chi connectivity index (χ4n) is 3.68. The maximum atomic E-state index is 11.4. The summed E-state index contributed by atoms with van der Waals surface area (Å²) in [5.74, 6) is 6.59. The van der Waals surface area contributed by atoms with Crippen molar-refractivity contribution >= 4 is 35.2 Å². The van der Waals surface area contributed by atoms with Gasteiger partial charge in [-0.3, -0.25) is 4.79 Å². The first-order valence-corrected chi connectivity index (χ1v) is 14.2. The zero-order chi connectivity index (χ0) is 22.1. The lowest BCUT2D eigenvalue weighted by molar-refractivity contribution is -0.139. The van der Waals surface area contributed by atoms with Crippen molar-refractivity contribution in [1.29, 1.82) is 0 Å². The third-order valence-electron chi connectivity index (χ3n) is 5.49. The van der Waals surface area contributed by atoms with Crippen LogP contribution in [0.5, 0.6) is 0 Å². The molecule has 0 aromatic heterocycles. The predicted molar refractivity (Wildman–Crippen MR) is 132 cm³/mol. The molecule has 0 saturated heterocycles. The van der Waals surface area contributed by atoms with E-state index in [9.17, 15) is 4.79 Å². The molecule has 0 aliphatic heterocycles. The first-order valence-electron chi connectivity index (χ1n) is 10.3. The summed E-state index contributed by atoms with van der Waals surface area (Å²) in [4.78, 5) is 11.4. The van der Waals surface area contributed by atoms with Crippen molar-refractivity contribution in [2.45, 2.75) is 39.3 Å². The maximum absolute atomic E-state index is 11.4. The fourth-order valence-corrected chi connectivity index (χ4v) is 6.25. The van der Waals surface area contributed by atoms with E-state index in [1.807, 2.05) is 6.07 Å². The lowest BCUT2D eigenvalue weighted by Gasteiger charge is -2.28. The van der Waals surface area contributed by atoms with Gasteiger partial charge in [-0.25, -0.2) is 0 Å². The summed E-state index contributed by atoms with van der Waals surface area (Å²) >= 11 is 3.73. The van der Waals surface area contributed by atoms with Crippen LogP contribution in [0.2, 0.25) is 13.1 Å². The molecular weight excluding hydrogens is 452 g/mol. The molecule has 0 heterocycles. The monoisotopic (exact) mass is 482 g/mol. The van der Waals surface area contributed by atoms with Crippen LogP contribution in [0, 0.1) is 23.7 Å². The molecule has 2 rings (SSSR count). The Morgan fingerprint density at radius 3 is 2.37 bits per heavy atom. The highest BCUT2D eigenvalue weighted by molar-refractivity contribution is 9.10. The Kier molecular flexibility index (Phi) is 9.14. The zero-order valence-corrected chi connectivity index (χ0v) is 21.1. The van der Waals surface area contributed by atoms with Gasteiger partial charge >= 0.3 is 5.97 Å². The van der Waals surface area contributed by atoms with Crippen molar-refractivity contribution in [3.63, 3.8) is 0 Å². The van der Waals surface area contributed by atoms with Crippen molar-refractivity contribution < 1.29 is 9.53 Å². The molecule has 2 aromatic carbocycles. The number of ether oxygens (including phenoxy) is 1. The van der Waals surface area contributed by atoms with Crippen LogP contribution in [0.25, 0.3) is 0 Å². The Morgan fingerprint density at radius 1 is 1.10 bits per heavy atom. The molecule has 0 unspecified atom stereocenters. The Morgan fingerprint density at radius 2 is 1.73 bits per heavy atom. The largest absolute Gasteiger partial charge is 0.468 e. The number of halogens is 1. The summed E-state index contributed by atoms with van der Waals surface area (Å²) in [6, 6.07) is 19.1. The lowest BCUT2D eigenvalue weighted by Crippen LogP contribution is -2.39. The van der Waals surface area contributed by atoms with Crippen LogP contribution in [0.4, 0.5) is 0 Å². The molecule has 3 atom stereocenters. The molecule has 0 saturated carbocycles. The standard InChI is InChI=1S/C26H31BrO2Si/c1-20(12-11-17-25(28)29-3)26(23-15-9-10-16-24(23)27)21(2)18-19-30(4,5)22-13-7-6-8-14-22/h6-10,13-16,18-21,26H,17H2,1-5H3/b19-18+/t20-,21-,26+/m1/s1. The van der Waals surface area contributed by atoms with Gasteiger partial charge in [-0.2, -0.15) is 0 Å². The highest BCUT2D eigenvalue weighted by atomic mass is 79.9. The van der Waals surface area contributed by atoms with E-state index in [2.05, 4.69) is 115 Å². The minimum atomic E-state index is -1.67. The maximum Gasteiger partial charge on any atom is 0.317 e. The minimum absolute atomic E-state index is 0.0921. The van der Waals surface area contributed by atoms with Gasteiger partial charge in [-0.05, 0) is 17.5 Å². The number of esters is 1. The number of carbonyl (C=O) groups is 1. The summed E-state index contributed by atoms with van der Waals surface area (Å²) in [5, 5.41) is 1.43. The first kappa shape index (κ1) is 24.2. The van der Waals surface area contributed by atoms with E-state index in [1.54, 1.807) is 0 Å². The van der Waals surface area contributed by atoms with Gasteiger partial charge in [0.15, 0.2) is 0 Å². The first-order chi connectivity index (χ1) is 14.3. The Hall–Kier alpha value is -2.09. The van der Waals surface area contributed by atoms with Crippen molar-refractivity contribution in [3.05, 3.63) is 76.4 Å². The second kappa shape index (κ2) is 11.3. The van der Waals surface area contributed by atoms with E-state index in [-0.39, 0.29) is 24.2 Å². The van der Waals surface area contributed by atoms with Crippen LogP contribution in [-0.2, 0) is 9.53 Å². The van der Waals surface area contributed by atoms with Gasteiger partial charge in [-0.1, -0.05) is 120 Å². The van der Waals surface area contributed by atoms with Crippen molar-refractivity contribution in [2.75, 3.05) is 7.11 Å². The normalized spacial score (nSPS) is 14.5. The van der Waals surface area contributed by atoms with Crippen LogP contribution < -0.4 is 5.19 Å². The second-order valence-electron chi connectivity index (χ2n) is 8.22. The average molecular weight is 484 g/mol. The van der Waals surface area contributed by atoms with Crippen molar-refractivity contribution in [2.24, 2.45) is 11.8 Å². The molecular formula is C26H31BrO2Si. The predicted octanol–water partition coefficient (Wildman–Crippen LogP) is 6.08. The van der Waals surface area contributed by atoms with Gasteiger partial charge in [0.2, 0.25) is 0 Å². The Balaban J connectivity index is 2.32. The lowest BCUT2D eigenvalue weighted by atomic mass is 9.78. The number of rotatable bonds is 7. The quantitative estimate of drug-likeness (QED) is 0.271. The van der Waals surface area contributed by atoms with Gasteiger partial charge in [0, 0.05) is 16.3 Å². The Labute approximate surface area is 190 Å². The molecule has 0 spiro atoms. The third-order valence-corrected chi connectivity index (χ3v) is 9.06. The van der Waals surface area contributed by atoms with Gasteiger partial charge in [0.1, 0.15) is 14.5 Å². The second-order valence-corrected chi connectivity index (χ2v) is 13.4. The summed E-state index contributed by atoms with van der Waals surface area (Å²) in [5.41, 5.74) is 3.68. The molecule has 4 heteroatoms. The van der Waals surface area contributed by atoms with E-state index in [0.717, 1.165) is 4.47 Å². The van der Waals surface area contributed by atoms with Crippen LogP contribution in [-0.4, -0.2) is 21.2 Å². The van der Waals surface area contributed by atoms with Gasteiger partial charge in [-0.15, -0.1) is 0 Å². The highest BCUT2D eigenvalue weighted by Crippen LogP contribution is 2.37. The average Bonchev–Trinajstić information content (AvgIpc) is 2.74. The molecule has 0 amide bonds. The van der Waals surface area contributed by atoms with E-state index in [0.29, 0.717) is 5.92 Å². The van der Waals surface area contributed by atoms with Crippen LogP contribution in [0.3, 0.4) is 0 Å². The summed E-state index contributed by atoms with van der Waals surface area (Å²) in [6.45, 7) is 9.14. The topological polar surface area (TPSA) is 26.3 Å². The molecule has 158 valence electrons. The molecule has 2 aromatic rings. The van der Waals surface area contributed by atoms with Crippen LogP contribution in [0.1, 0.15) is 31.7 Å². The van der Waals surface area contributed by atoms with Crippen LogP contribution >= 0.6 is 15.9 Å². The van der Waals surface area contributed by atoms with Gasteiger partial charge in [0.25, 0.3) is 0 Å². The molecule has 0 aliphatic carbocycles. The fraction of sp³-hybridized carbons (Fsp3) is 0.346. The minimum Gasteiger partial charge on any atom is -0.468 e. The number of carbonyl (C=O) groups excluding carboxylic acids is 1. The summed E-state index contributed by atoms with van der Waals surface area (Å²) in [7, 11) is -0.281. The number of methoxy groups -OCH3 is 1. The summed E-state index contributed by atoms with van der Waals surface area (Å²) < 4.78 is 5.80. The number of hydrogen-bond acceptors (Lipinski definition) is 2. The van der Waals surface area contributed by atoms with E-state index < -0.39 is 8.07 Å². The smallest absolute Gasteiger partial charge is 0.317 e. The SMILES string of the molecule is COC(=O)CC#C[C@@H](C)[C@H](c1ccccc1Br)[C@H](C)/C=C/[Si](C)(C)c1ccccc1. The number of hydrogen-bond donors (Lipinski definition) is 0. The van der Waals surface area contributed by atoms with E-state index in [4.69, 9.17) is 4.74 Å². The van der Waals surface area contributed by atoms with Gasteiger partial charge in [0.05, 0.1) is 7.11 Å². The van der Waals surface area contributed by atoms with E-state index >= 15 is 0 Å². The molecule has 0 N–H and O–H groups in total. The third kappa shape index (κ3) is 6.72. The van der Waals surface area contributed by atoms with E-state index in [1.165, 1.54) is 17.9 Å². The molecule has 30 heavy (non-hydrogen) atoms. The highest BCUT2D eigenvalue weighted by Gasteiger charge is 2.26. The molecule has 0 aliphatic rings. The molecule has 0 bridgehead atoms. The zero-order valence-electron chi connectivity index (χ0n) is 18.5. The van der Waals surface area contributed by atoms with Crippen molar-refractivity contribution in [1.82, 2.24) is 0 Å². The summed E-state index contributed by atoms with van der Waals surface area (Å²) in [6.07, 6.45) is 2.49. The molecule has 0 fully saturated rings. The van der Waals surface area contributed by atoms with Gasteiger partial charge < -0.3 is 4.74 Å². The number of allylic oxidation sites excluding steroid dienone is 1. The Bertz CT molecular complexity index is 925. The number of benzene rings is 2. The molecule has 0 radical (unpaired) electrons. The van der Waals surface area contributed by atoms with Crippen LogP contribution in [0.15, 0.2) is 70.8 Å². The van der Waals surface area contributed by atoms with Crippen molar-refractivity contribution in [3.8, 4) is 11.8 Å².